The van der Waals surface area contributed by atoms with E-state index in [1.165, 1.54) is 17.8 Å². The Hall–Kier alpha value is -0.870. The molecule has 1 aromatic heterocycles. The Labute approximate surface area is 119 Å². The molecule has 1 aliphatic rings. The van der Waals surface area contributed by atoms with Crippen LogP contribution in [-0.4, -0.2) is 17.6 Å². The van der Waals surface area contributed by atoms with Gasteiger partial charge in [-0.15, -0.1) is 11.3 Å². The van der Waals surface area contributed by atoms with E-state index in [0.29, 0.717) is 5.92 Å². The Kier molecular flexibility index (Phi) is 4.63. The molecule has 0 spiro atoms. The summed E-state index contributed by atoms with van der Waals surface area (Å²) in [5.41, 5.74) is -0.968. The van der Waals surface area contributed by atoms with E-state index in [-0.39, 0.29) is 18.4 Å². The van der Waals surface area contributed by atoms with E-state index >= 15 is 0 Å². The molecule has 2 rings (SSSR count). The summed E-state index contributed by atoms with van der Waals surface area (Å²) in [6.45, 7) is 4.25. The minimum absolute atomic E-state index is 0.100. The maximum Gasteiger partial charge on any atom is 0.223 e. The maximum atomic E-state index is 12.1. The Morgan fingerprint density at radius 2 is 2.37 bits per heavy atom. The maximum absolute atomic E-state index is 12.1. The van der Waals surface area contributed by atoms with Crippen LogP contribution in [0.4, 0.5) is 0 Å². The van der Waals surface area contributed by atoms with Crippen molar-refractivity contribution in [1.29, 1.82) is 0 Å². The van der Waals surface area contributed by atoms with Gasteiger partial charge in [0.25, 0.3) is 0 Å². The predicted molar refractivity (Wildman–Crippen MR) is 78.0 cm³/mol. The first-order valence-electron chi connectivity index (χ1n) is 7.03. The summed E-state index contributed by atoms with van der Waals surface area (Å²) in [5, 5.41) is 15.2. The number of carbonyl (C=O) groups is 1. The van der Waals surface area contributed by atoms with Gasteiger partial charge in [0, 0.05) is 10.8 Å². The molecule has 1 saturated carbocycles. The number of aliphatic hydroxyl groups is 1. The van der Waals surface area contributed by atoms with E-state index in [2.05, 4.69) is 12.2 Å². The fraction of sp³-hybridized carbons (Fsp3) is 0.667. The van der Waals surface area contributed by atoms with Crippen LogP contribution in [0.25, 0.3) is 0 Å². The molecule has 19 heavy (non-hydrogen) atoms. The molecule has 4 heteroatoms. The molecule has 1 fully saturated rings. The standard InChI is InChI=1S/C15H23NO2S/c1-11-5-3-6-12(9-11)14(17)16-10-15(2,18)13-7-4-8-19-13/h4,7-8,11-12,18H,3,5-6,9-10H2,1-2H3,(H,16,17). The minimum atomic E-state index is -0.968. The van der Waals surface area contributed by atoms with Gasteiger partial charge < -0.3 is 10.4 Å². The Balaban J connectivity index is 1.86. The molecule has 0 aromatic carbocycles. The van der Waals surface area contributed by atoms with Gasteiger partial charge in [-0.2, -0.15) is 0 Å². The second-order valence-electron chi connectivity index (χ2n) is 5.94. The van der Waals surface area contributed by atoms with Crippen molar-refractivity contribution in [1.82, 2.24) is 5.32 Å². The highest BCUT2D eigenvalue weighted by atomic mass is 32.1. The smallest absolute Gasteiger partial charge is 0.223 e. The molecule has 1 heterocycles. The Bertz CT molecular complexity index is 414. The third-order valence-corrected chi connectivity index (χ3v) is 5.09. The van der Waals surface area contributed by atoms with E-state index < -0.39 is 5.60 Å². The third-order valence-electron chi connectivity index (χ3n) is 3.97. The fourth-order valence-electron chi connectivity index (χ4n) is 2.75. The molecule has 3 atom stereocenters. The van der Waals surface area contributed by atoms with Crippen LogP contribution in [-0.2, 0) is 10.4 Å². The molecule has 0 saturated heterocycles. The average molecular weight is 281 g/mol. The molecule has 2 N–H and O–H groups in total. The van der Waals surface area contributed by atoms with Crippen molar-refractivity contribution >= 4 is 17.2 Å². The normalized spacial score (nSPS) is 26.7. The molecule has 1 aromatic rings. The van der Waals surface area contributed by atoms with Crippen LogP contribution >= 0.6 is 11.3 Å². The summed E-state index contributed by atoms with van der Waals surface area (Å²) in [6, 6.07) is 3.82. The zero-order valence-corrected chi connectivity index (χ0v) is 12.5. The molecule has 0 aliphatic heterocycles. The van der Waals surface area contributed by atoms with Gasteiger partial charge in [0.1, 0.15) is 5.60 Å². The first-order chi connectivity index (χ1) is 8.99. The van der Waals surface area contributed by atoms with Crippen LogP contribution in [0.2, 0.25) is 0 Å². The van der Waals surface area contributed by atoms with Crippen molar-refractivity contribution in [2.75, 3.05) is 6.54 Å². The number of thiophene rings is 1. The van der Waals surface area contributed by atoms with Crippen LogP contribution in [0.3, 0.4) is 0 Å². The molecular weight excluding hydrogens is 258 g/mol. The van der Waals surface area contributed by atoms with Gasteiger partial charge in [0.05, 0.1) is 6.54 Å². The van der Waals surface area contributed by atoms with Gasteiger partial charge in [-0.1, -0.05) is 25.8 Å². The number of hydrogen-bond donors (Lipinski definition) is 2. The van der Waals surface area contributed by atoms with Crippen molar-refractivity contribution < 1.29 is 9.90 Å². The zero-order valence-electron chi connectivity index (χ0n) is 11.7. The first kappa shape index (κ1) is 14.5. The molecule has 0 bridgehead atoms. The van der Waals surface area contributed by atoms with Crippen molar-refractivity contribution in [3.8, 4) is 0 Å². The van der Waals surface area contributed by atoms with E-state index in [0.717, 1.165) is 24.1 Å². The monoisotopic (exact) mass is 281 g/mol. The van der Waals surface area contributed by atoms with Gasteiger partial charge in [-0.05, 0) is 37.1 Å². The summed E-state index contributed by atoms with van der Waals surface area (Å²) in [7, 11) is 0. The Morgan fingerprint density at radius 1 is 1.58 bits per heavy atom. The van der Waals surface area contributed by atoms with Crippen LogP contribution in [0, 0.1) is 11.8 Å². The molecule has 3 unspecified atom stereocenters. The highest BCUT2D eigenvalue weighted by Crippen LogP contribution is 2.29. The summed E-state index contributed by atoms with van der Waals surface area (Å²) in [6.07, 6.45) is 4.33. The number of amides is 1. The third kappa shape index (κ3) is 3.80. The summed E-state index contributed by atoms with van der Waals surface area (Å²) in [4.78, 5) is 13.0. The topological polar surface area (TPSA) is 49.3 Å². The van der Waals surface area contributed by atoms with Gasteiger partial charge >= 0.3 is 0 Å². The van der Waals surface area contributed by atoms with Gasteiger partial charge in [-0.3, -0.25) is 4.79 Å². The van der Waals surface area contributed by atoms with E-state index in [9.17, 15) is 9.90 Å². The number of nitrogens with one attached hydrogen (secondary N) is 1. The molecule has 1 aliphatic carbocycles. The van der Waals surface area contributed by atoms with Gasteiger partial charge in [0.2, 0.25) is 5.91 Å². The quantitative estimate of drug-likeness (QED) is 0.891. The van der Waals surface area contributed by atoms with Crippen molar-refractivity contribution in [3.05, 3.63) is 22.4 Å². The largest absolute Gasteiger partial charge is 0.383 e. The van der Waals surface area contributed by atoms with Crippen LogP contribution < -0.4 is 5.32 Å². The van der Waals surface area contributed by atoms with E-state index in [4.69, 9.17) is 0 Å². The van der Waals surface area contributed by atoms with Crippen molar-refractivity contribution in [2.24, 2.45) is 11.8 Å². The lowest BCUT2D eigenvalue weighted by atomic mass is 9.82. The Morgan fingerprint density at radius 3 is 3.00 bits per heavy atom. The second kappa shape index (κ2) is 6.06. The molecule has 0 radical (unpaired) electrons. The highest BCUT2D eigenvalue weighted by molar-refractivity contribution is 7.10. The summed E-state index contributed by atoms with van der Waals surface area (Å²) in [5.74, 6) is 0.869. The number of hydrogen-bond acceptors (Lipinski definition) is 3. The van der Waals surface area contributed by atoms with Gasteiger partial charge in [0.15, 0.2) is 0 Å². The summed E-state index contributed by atoms with van der Waals surface area (Å²) < 4.78 is 0. The zero-order chi connectivity index (χ0) is 13.9. The van der Waals surface area contributed by atoms with Crippen molar-refractivity contribution in [2.45, 2.75) is 45.1 Å². The molecular formula is C15H23NO2S. The SMILES string of the molecule is CC1CCCC(C(=O)NCC(C)(O)c2cccs2)C1. The molecule has 3 nitrogen and oxygen atoms in total. The average Bonchev–Trinajstić information content (AvgIpc) is 2.90. The van der Waals surface area contributed by atoms with E-state index in [1.807, 2.05) is 17.5 Å². The number of carbonyl (C=O) groups excluding carboxylic acids is 1. The summed E-state index contributed by atoms with van der Waals surface area (Å²) >= 11 is 1.52. The molecule has 1 amide bonds. The molecule has 106 valence electrons. The fourth-order valence-corrected chi connectivity index (χ4v) is 3.53. The second-order valence-corrected chi connectivity index (χ2v) is 6.89. The van der Waals surface area contributed by atoms with E-state index in [1.54, 1.807) is 6.92 Å². The minimum Gasteiger partial charge on any atom is -0.383 e. The lowest BCUT2D eigenvalue weighted by Crippen LogP contribution is -2.41. The van der Waals surface area contributed by atoms with Crippen LogP contribution in [0.1, 0.15) is 44.4 Å². The van der Waals surface area contributed by atoms with Crippen LogP contribution in [0.15, 0.2) is 17.5 Å². The number of rotatable bonds is 4. The first-order valence-corrected chi connectivity index (χ1v) is 7.91. The predicted octanol–water partition coefficient (Wildman–Crippen LogP) is 2.90. The van der Waals surface area contributed by atoms with Gasteiger partial charge in [-0.25, -0.2) is 0 Å². The highest BCUT2D eigenvalue weighted by Gasteiger charge is 2.28. The van der Waals surface area contributed by atoms with Crippen LogP contribution in [0.5, 0.6) is 0 Å². The lowest BCUT2D eigenvalue weighted by molar-refractivity contribution is -0.127. The van der Waals surface area contributed by atoms with Crippen molar-refractivity contribution in [3.63, 3.8) is 0 Å². The lowest BCUT2D eigenvalue weighted by Gasteiger charge is -2.28.